The molecule has 0 bridgehead atoms. The van der Waals surface area contributed by atoms with Crippen LogP contribution in [0.25, 0.3) is 0 Å². The zero-order valence-corrected chi connectivity index (χ0v) is 13.9. The van der Waals surface area contributed by atoms with Crippen LogP contribution in [0, 0.1) is 22.7 Å². The number of allylic oxidation sites excluding steroid dienone is 2. The van der Waals surface area contributed by atoms with Crippen molar-refractivity contribution in [3.8, 4) is 0 Å². The molecule has 4 nitrogen and oxygen atoms in total. The van der Waals surface area contributed by atoms with Crippen molar-refractivity contribution in [3.63, 3.8) is 0 Å². The molecule has 3 fully saturated rings. The first-order valence-electron chi connectivity index (χ1n) is 8.78. The van der Waals surface area contributed by atoms with Crippen LogP contribution in [0.3, 0.4) is 0 Å². The molecule has 4 aliphatic carbocycles. The van der Waals surface area contributed by atoms with Crippen LogP contribution >= 0.6 is 0 Å². The van der Waals surface area contributed by atoms with E-state index in [0.29, 0.717) is 44.1 Å². The van der Waals surface area contributed by atoms with Crippen LogP contribution in [-0.4, -0.2) is 28.1 Å². The smallest absolute Gasteiger partial charge is 0.160 e. The normalized spacial score (nSPS) is 49.3. The van der Waals surface area contributed by atoms with Crippen LogP contribution in [0.15, 0.2) is 11.6 Å². The van der Waals surface area contributed by atoms with E-state index in [1.807, 2.05) is 19.9 Å². The number of hydrogen-bond donors (Lipinski definition) is 1. The Labute approximate surface area is 136 Å². The summed E-state index contributed by atoms with van der Waals surface area (Å²) in [6, 6.07) is 0. The highest BCUT2D eigenvalue weighted by molar-refractivity contribution is 6.09. The van der Waals surface area contributed by atoms with E-state index >= 15 is 0 Å². The molecule has 4 heteroatoms. The summed E-state index contributed by atoms with van der Waals surface area (Å²) in [6.07, 6.45) is 5.40. The first-order valence-corrected chi connectivity index (χ1v) is 8.78. The first kappa shape index (κ1) is 15.3. The van der Waals surface area contributed by atoms with Crippen molar-refractivity contribution in [1.29, 1.82) is 0 Å². The SMILES string of the molecule is C[C@]12C(=O)CCC(=O)C1=CC[C@@H]1[C@@H]2CC[C@]2(C)C(=O)CC[C@@]12O. The molecule has 0 aliphatic heterocycles. The van der Waals surface area contributed by atoms with Gasteiger partial charge in [-0.15, -0.1) is 0 Å². The minimum Gasteiger partial charge on any atom is -0.389 e. The first-order chi connectivity index (χ1) is 10.7. The lowest BCUT2D eigenvalue weighted by Crippen LogP contribution is -2.62. The molecule has 124 valence electrons. The van der Waals surface area contributed by atoms with Gasteiger partial charge in [0.2, 0.25) is 0 Å². The molecule has 0 spiro atoms. The van der Waals surface area contributed by atoms with Gasteiger partial charge in [0.1, 0.15) is 11.6 Å². The maximum absolute atomic E-state index is 12.7. The highest BCUT2D eigenvalue weighted by atomic mass is 16.3. The van der Waals surface area contributed by atoms with E-state index in [-0.39, 0.29) is 29.2 Å². The molecule has 3 saturated carbocycles. The summed E-state index contributed by atoms with van der Waals surface area (Å²) in [4.78, 5) is 37.5. The molecule has 0 heterocycles. The highest BCUT2D eigenvalue weighted by Gasteiger charge is 2.67. The van der Waals surface area contributed by atoms with Crippen molar-refractivity contribution < 1.29 is 19.5 Å². The fourth-order valence-corrected chi connectivity index (χ4v) is 6.11. The number of aliphatic hydroxyl groups is 1. The van der Waals surface area contributed by atoms with Crippen LogP contribution in [0.4, 0.5) is 0 Å². The van der Waals surface area contributed by atoms with Crippen molar-refractivity contribution in [3.05, 3.63) is 11.6 Å². The van der Waals surface area contributed by atoms with Crippen LogP contribution in [0.2, 0.25) is 0 Å². The molecule has 0 saturated heterocycles. The summed E-state index contributed by atoms with van der Waals surface area (Å²) in [5.41, 5.74) is -1.80. The Balaban J connectivity index is 1.83. The Bertz CT molecular complexity index is 662. The van der Waals surface area contributed by atoms with Crippen LogP contribution in [0.1, 0.15) is 58.8 Å². The lowest BCUT2D eigenvalue weighted by atomic mass is 9.46. The van der Waals surface area contributed by atoms with E-state index in [1.54, 1.807) is 0 Å². The lowest BCUT2D eigenvalue weighted by molar-refractivity contribution is -0.176. The van der Waals surface area contributed by atoms with Gasteiger partial charge in [-0.3, -0.25) is 14.4 Å². The van der Waals surface area contributed by atoms with Gasteiger partial charge >= 0.3 is 0 Å². The third-order valence-corrected chi connectivity index (χ3v) is 7.69. The van der Waals surface area contributed by atoms with E-state index < -0.39 is 16.4 Å². The van der Waals surface area contributed by atoms with Gasteiger partial charge in [-0.2, -0.15) is 0 Å². The third-order valence-electron chi connectivity index (χ3n) is 7.69. The Morgan fingerprint density at radius 1 is 1.00 bits per heavy atom. The maximum atomic E-state index is 12.7. The van der Waals surface area contributed by atoms with Crippen molar-refractivity contribution in [2.45, 2.75) is 64.4 Å². The summed E-state index contributed by atoms with van der Waals surface area (Å²) in [5.74, 6) is 0.256. The van der Waals surface area contributed by atoms with Crippen molar-refractivity contribution >= 4 is 17.3 Å². The largest absolute Gasteiger partial charge is 0.389 e. The summed E-state index contributed by atoms with van der Waals surface area (Å²) < 4.78 is 0. The fraction of sp³-hybridized carbons (Fsp3) is 0.737. The molecular formula is C19H24O4. The van der Waals surface area contributed by atoms with Crippen molar-refractivity contribution in [1.82, 2.24) is 0 Å². The highest BCUT2D eigenvalue weighted by Crippen LogP contribution is 2.64. The minimum atomic E-state index is -1.03. The standard InChI is InChI=1S/C19H24O4/c1-17-9-7-11-12(19(17,23)10-8-15(17)21)3-4-13-14(20)5-6-16(22)18(11,13)2/h4,11-12,23H,3,5-10H2,1-2H3/t11-,12+,17+,18+,19+/m0/s1. The second-order valence-corrected chi connectivity index (χ2v) is 8.33. The van der Waals surface area contributed by atoms with Crippen LogP contribution in [0.5, 0.6) is 0 Å². The van der Waals surface area contributed by atoms with Gasteiger partial charge in [-0.05, 0) is 51.4 Å². The minimum absolute atomic E-state index is 0.0248. The predicted octanol–water partition coefficient (Wildman–Crippen LogP) is 2.38. The Kier molecular flexibility index (Phi) is 2.92. The van der Waals surface area contributed by atoms with Gasteiger partial charge in [0.15, 0.2) is 5.78 Å². The zero-order valence-electron chi connectivity index (χ0n) is 13.9. The van der Waals surface area contributed by atoms with Crippen LogP contribution < -0.4 is 0 Å². The predicted molar refractivity (Wildman–Crippen MR) is 83.6 cm³/mol. The summed E-state index contributed by atoms with van der Waals surface area (Å²) in [5, 5.41) is 11.4. The molecule has 0 aromatic heterocycles. The summed E-state index contributed by atoms with van der Waals surface area (Å²) in [7, 11) is 0. The molecule has 0 aromatic carbocycles. The number of ketones is 3. The molecular weight excluding hydrogens is 292 g/mol. The zero-order chi connectivity index (χ0) is 16.6. The second-order valence-electron chi connectivity index (χ2n) is 8.33. The summed E-state index contributed by atoms with van der Waals surface area (Å²) in [6.45, 7) is 3.80. The second kappa shape index (κ2) is 4.41. The van der Waals surface area contributed by atoms with Gasteiger partial charge in [-0.1, -0.05) is 6.08 Å². The Morgan fingerprint density at radius 3 is 2.48 bits per heavy atom. The van der Waals surface area contributed by atoms with Gasteiger partial charge in [0.05, 0.1) is 16.4 Å². The molecule has 4 rings (SSSR count). The van der Waals surface area contributed by atoms with Crippen molar-refractivity contribution in [2.24, 2.45) is 22.7 Å². The Morgan fingerprint density at radius 2 is 1.74 bits per heavy atom. The summed E-state index contributed by atoms with van der Waals surface area (Å²) >= 11 is 0. The molecule has 0 unspecified atom stereocenters. The van der Waals surface area contributed by atoms with E-state index in [2.05, 4.69) is 0 Å². The van der Waals surface area contributed by atoms with Gasteiger partial charge in [-0.25, -0.2) is 0 Å². The number of Topliss-reactive ketones (excluding diaryl/α,β-unsaturated/α-hetero) is 3. The Hall–Kier alpha value is -1.29. The monoisotopic (exact) mass is 316 g/mol. The van der Waals surface area contributed by atoms with Gasteiger partial charge in [0, 0.05) is 24.8 Å². The number of fused-ring (bicyclic) bond motifs is 5. The van der Waals surface area contributed by atoms with E-state index in [0.717, 1.165) is 6.42 Å². The van der Waals surface area contributed by atoms with Crippen LogP contribution in [-0.2, 0) is 14.4 Å². The number of hydrogen-bond acceptors (Lipinski definition) is 4. The molecule has 0 aromatic rings. The number of carbonyl (C=O) groups excluding carboxylic acids is 3. The average Bonchev–Trinajstić information content (AvgIpc) is 2.76. The van der Waals surface area contributed by atoms with Crippen molar-refractivity contribution in [2.75, 3.05) is 0 Å². The molecule has 4 aliphatic rings. The fourth-order valence-electron chi connectivity index (χ4n) is 6.11. The molecule has 0 amide bonds. The van der Waals surface area contributed by atoms with E-state index in [4.69, 9.17) is 0 Å². The average molecular weight is 316 g/mol. The third kappa shape index (κ3) is 1.58. The number of carbonyl (C=O) groups is 3. The molecule has 23 heavy (non-hydrogen) atoms. The quantitative estimate of drug-likeness (QED) is 0.745. The maximum Gasteiger partial charge on any atom is 0.160 e. The topological polar surface area (TPSA) is 71.4 Å². The molecule has 0 radical (unpaired) electrons. The van der Waals surface area contributed by atoms with Gasteiger partial charge in [0.25, 0.3) is 0 Å². The molecule has 1 N–H and O–H groups in total. The van der Waals surface area contributed by atoms with Gasteiger partial charge < -0.3 is 5.11 Å². The number of rotatable bonds is 0. The van der Waals surface area contributed by atoms with E-state index in [1.165, 1.54) is 0 Å². The molecule has 5 atom stereocenters. The lowest BCUT2D eigenvalue weighted by Gasteiger charge is -2.58. The van der Waals surface area contributed by atoms with E-state index in [9.17, 15) is 19.5 Å².